The first-order valence-corrected chi connectivity index (χ1v) is 9.48. The zero-order valence-electron chi connectivity index (χ0n) is 16.5. The highest BCUT2D eigenvalue weighted by atomic mass is 16.5. The quantitative estimate of drug-likeness (QED) is 0.753. The number of hydrogen-bond donors (Lipinski definition) is 0. The maximum absolute atomic E-state index is 13.1. The van der Waals surface area contributed by atoms with Crippen LogP contribution in [-0.4, -0.2) is 60.0 Å². The Hall–Kier alpha value is -2.67. The van der Waals surface area contributed by atoms with E-state index in [0.717, 1.165) is 17.0 Å². The fourth-order valence-electron chi connectivity index (χ4n) is 4.38. The molecule has 1 aromatic carbocycles. The Morgan fingerprint density at radius 3 is 2.86 bits per heavy atom. The second-order valence-corrected chi connectivity index (χ2v) is 7.83. The Balaban J connectivity index is 1.53. The van der Waals surface area contributed by atoms with Crippen LogP contribution in [0.2, 0.25) is 0 Å². The molecule has 1 amide bonds. The molecule has 2 atom stereocenters. The van der Waals surface area contributed by atoms with Crippen molar-refractivity contribution in [2.45, 2.75) is 20.4 Å². The van der Waals surface area contributed by atoms with Crippen LogP contribution in [0.5, 0.6) is 0 Å². The van der Waals surface area contributed by atoms with Gasteiger partial charge in [0.1, 0.15) is 5.41 Å². The molecule has 0 aliphatic carbocycles. The van der Waals surface area contributed by atoms with E-state index in [1.54, 1.807) is 4.90 Å². The second-order valence-electron chi connectivity index (χ2n) is 7.83. The molecule has 0 saturated carbocycles. The molecule has 0 spiro atoms. The molecule has 7 nitrogen and oxygen atoms in total. The normalized spacial score (nSPS) is 23.7. The fraction of sp³-hybridized carbons (Fsp3) is 0.476. The number of aryl methyl sites for hydroxylation is 2. The van der Waals surface area contributed by atoms with Crippen molar-refractivity contribution in [3.63, 3.8) is 0 Å². The van der Waals surface area contributed by atoms with Crippen LogP contribution in [0.1, 0.15) is 27.3 Å². The van der Waals surface area contributed by atoms with E-state index >= 15 is 0 Å². The average Bonchev–Trinajstić information content (AvgIpc) is 3.33. The Labute approximate surface area is 164 Å². The molecule has 148 valence electrons. The predicted octanol–water partition coefficient (Wildman–Crippen LogP) is 1.81. The zero-order chi connectivity index (χ0) is 19.9. The van der Waals surface area contributed by atoms with Crippen LogP contribution in [0.25, 0.3) is 0 Å². The minimum absolute atomic E-state index is 0.0122. The summed E-state index contributed by atoms with van der Waals surface area (Å²) < 4.78 is 12.5. The summed E-state index contributed by atoms with van der Waals surface area (Å²) in [5.41, 5.74) is 2.97. The average molecular weight is 383 g/mol. The summed E-state index contributed by atoms with van der Waals surface area (Å²) in [4.78, 5) is 27.2. The Morgan fingerprint density at radius 1 is 1.32 bits per heavy atom. The minimum atomic E-state index is -0.730. The molecule has 0 radical (unpaired) electrons. The highest BCUT2D eigenvalue weighted by molar-refractivity contribution is 5.95. The van der Waals surface area contributed by atoms with E-state index in [-0.39, 0.29) is 17.8 Å². The lowest BCUT2D eigenvalue weighted by Crippen LogP contribution is -2.41. The third-order valence-electron chi connectivity index (χ3n) is 5.86. The Morgan fingerprint density at radius 2 is 2.14 bits per heavy atom. The van der Waals surface area contributed by atoms with Crippen LogP contribution in [-0.2, 0) is 20.8 Å². The molecule has 2 aliphatic heterocycles. The number of esters is 1. The summed E-state index contributed by atoms with van der Waals surface area (Å²) in [6, 6.07) is 9.66. The number of carbonyl (C=O) groups excluding carboxylic acids is 2. The first-order chi connectivity index (χ1) is 13.4. The van der Waals surface area contributed by atoms with Crippen LogP contribution >= 0.6 is 0 Å². The molecule has 28 heavy (non-hydrogen) atoms. The molecule has 2 aliphatic rings. The highest BCUT2D eigenvalue weighted by Crippen LogP contribution is 2.42. The predicted molar refractivity (Wildman–Crippen MR) is 102 cm³/mol. The van der Waals surface area contributed by atoms with Crippen molar-refractivity contribution in [3.05, 3.63) is 52.8 Å². The van der Waals surface area contributed by atoms with Gasteiger partial charge in [-0.2, -0.15) is 5.10 Å². The molecule has 0 bridgehead atoms. The van der Waals surface area contributed by atoms with Gasteiger partial charge in [0.2, 0.25) is 0 Å². The van der Waals surface area contributed by atoms with E-state index < -0.39 is 5.41 Å². The van der Waals surface area contributed by atoms with Crippen LogP contribution in [0.4, 0.5) is 0 Å². The SMILES string of the molecule is COC(=O)[C@@]12COC[C@@H]1CN(C(=O)c1cccc(Cn3nc(C)cc3C)c1)C2. The number of amides is 1. The molecule has 2 saturated heterocycles. The van der Waals surface area contributed by atoms with Gasteiger partial charge in [-0.05, 0) is 37.6 Å². The van der Waals surface area contributed by atoms with E-state index in [9.17, 15) is 9.59 Å². The number of carbonyl (C=O) groups is 2. The fourth-order valence-corrected chi connectivity index (χ4v) is 4.38. The third-order valence-corrected chi connectivity index (χ3v) is 5.86. The lowest BCUT2D eigenvalue weighted by molar-refractivity contribution is -0.153. The van der Waals surface area contributed by atoms with E-state index in [2.05, 4.69) is 5.10 Å². The van der Waals surface area contributed by atoms with Gasteiger partial charge in [0.05, 0.1) is 32.6 Å². The molecule has 3 heterocycles. The standard InChI is InChI=1S/C21H25N3O4/c1-14-7-15(2)24(22-14)9-16-5-4-6-17(8-16)19(25)23-10-18-11-28-13-21(18,12-23)20(26)27-3/h4-8,18H,9-13H2,1-3H3/t18-,21-/m0/s1. The smallest absolute Gasteiger partial charge is 0.316 e. The second kappa shape index (κ2) is 7.05. The topological polar surface area (TPSA) is 73.7 Å². The Bertz CT molecular complexity index is 922. The van der Waals surface area contributed by atoms with Gasteiger partial charge in [-0.25, -0.2) is 0 Å². The summed E-state index contributed by atoms with van der Waals surface area (Å²) in [6.45, 7) is 6.24. The van der Waals surface area contributed by atoms with Gasteiger partial charge in [-0.15, -0.1) is 0 Å². The van der Waals surface area contributed by atoms with E-state index in [1.807, 2.05) is 48.9 Å². The zero-order valence-corrected chi connectivity index (χ0v) is 16.5. The first kappa shape index (κ1) is 18.7. The molecule has 0 unspecified atom stereocenters. The number of aromatic nitrogens is 2. The number of benzene rings is 1. The monoisotopic (exact) mass is 383 g/mol. The number of likely N-dealkylation sites (tertiary alicyclic amines) is 1. The lowest BCUT2D eigenvalue weighted by Gasteiger charge is -2.24. The van der Waals surface area contributed by atoms with E-state index in [1.165, 1.54) is 7.11 Å². The maximum Gasteiger partial charge on any atom is 0.316 e. The van der Waals surface area contributed by atoms with Crippen molar-refractivity contribution in [3.8, 4) is 0 Å². The molecule has 1 aromatic heterocycles. The summed E-state index contributed by atoms with van der Waals surface area (Å²) in [6.07, 6.45) is 0. The van der Waals surface area contributed by atoms with Crippen molar-refractivity contribution in [1.82, 2.24) is 14.7 Å². The molecule has 2 fully saturated rings. The first-order valence-electron chi connectivity index (χ1n) is 9.48. The van der Waals surface area contributed by atoms with Crippen molar-refractivity contribution in [1.29, 1.82) is 0 Å². The van der Waals surface area contributed by atoms with Gasteiger partial charge in [0.25, 0.3) is 5.91 Å². The highest BCUT2D eigenvalue weighted by Gasteiger charge is 2.57. The summed E-state index contributed by atoms with van der Waals surface area (Å²) in [5, 5.41) is 4.49. The van der Waals surface area contributed by atoms with Gasteiger partial charge in [0, 0.05) is 30.3 Å². The number of rotatable bonds is 4. The molecule has 0 N–H and O–H groups in total. The molecule has 4 rings (SSSR count). The van der Waals surface area contributed by atoms with Crippen molar-refractivity contribution < 1.29 is 19.1 Å². The number of ether oxygens (including phenoxy) is 2. The summed E-state index contributed by atoms with van der Waals surface area (Å²) in [7, 11) is 1.39. The molecule has 7 heteroatoms. The van der Waals surface area contributed by atoms with Crippen LogP contribution in [0.3, 0.4) is 0 Å². The lowest BCUT2D eigenvalue weighted by atomic mass is 9.81. The molecular formula is C21H25N3O4. The van der Waals surface area contributed by atoms with Crippen LogP contribution in [0, 0.1) is 25.2 Å². The number of hydrogen-bond acceptors (Lipinski definition) is 5. The van der Waals surface area contributed by atoms with Gasteiger partial charge >= 0.3 is 5.97 Å². The summed E-state index contributed by atoms with van der Waals surface area (Å²) >= 11 is 0. The minimum Gasteiger partial charge on any atom is -0.468 e. The van der Waals surface area contributed by atoms with E-state index in [0.29, 0.717) is 38.4 Å². The number of fused-ring (bicyclic) bond motifs is 1. The van der Waals surface area contributed by atoms with Crippen molar-refractivity contribution in [2.75, 3.05) is 33.4 Å². The van der Waals surface area contributed by atoms with Crippen LogP contribution in [0.15, 0.2) is 30.3 Å². The molecular weight excluding hydrogens is 358 g/mol. The van der Waals surface area contributed by atoms with Crippen LogP contribution < -0.4 is 0 Å². The molecule has 2 aromatic rings. The van der Waals surface area contributed by atoms with Gasteiger partial charge < -0.3 is 14.4 Å². The number of methoxy groups -OCH3 is 1. The van der Waals surface area contributed by atoms with Crippen molar-refractivity contribution in [2.24, 2.45) is 11.3 Å². The van der Waals surface area contributed by atoms with E-state index in [4.69, 9.17) is 9.47 Å². The van der Waals surface area contributed by atoms with Gasteiger partial charge in [0.15, 0.2) is 0 Å². The number of nitrogens with zero attached hydrogens (tertiary/aromatic N) is 3. The van der Waals surface area contributed by atoms with Crippen molar-refractivity contribution >= 4 is 11.9 Å². The van der Waals surface area contributed by atoms with Gasteiger partial charge in [-0.1, -0.05) is 12.1 Å². The largest absolute Gasteiger partial charge is 0.468 e. The van der Waals surface area contributed by atoms with Gasteiger partial charge in [-0.3, -0.25) is 14.3 Å². The summed E-state index contributed by atoms with van der Waals surface area (Å²) in [5.74, 6) is -0.363. The third kappa shape index (κ3) is 3.09. The Kier molecular flexibility index (Phi) is 4.71. The maximum atomic E-state index is 13.1.